The molecule has 0 aromatic rings. The molecule has 3 nitrogen and oxygen atoms in total. The summed E-state index contributed by atoms with van der Waals surface area (Å²) in [6.45, 7) is 12.9. The molecule has 3 unspecified atom stereocenters. The molecule has 2 N–H and O–H groups in total. The maximum absolute atomic E-state index is 6.04. The van der Waals surface area contributed by atoms with Crippen LogP contribution in [0.3, 0.4) is 0 Å². The third-order valence-electron chi connectivity index (χ3n) is 4.44. The third kappa shape index (κ3) is 2.41. The van der Waals surface area contributed by atoms with Crippen LogP contribution in [-0.4, -0.2) is 43.8 Å². The molecular weight excluding hydrogens is 200 g/mol. The van der Waals surface area contributed by atoms with Crippen molar-refractivity contribution in [1.82, 2.24) is 4.90 Å². The normalized spacial score (nSPS) is 30.9. The van der Waals surface area contributed by atoms with Crippen molar-refractivity contribution >= 4 is 0 Å². The first-order valence-electron chi connectivity index (χ1n) is 6.42. The fourth-order valence-corrected chi connectivity index (χ4v) is 2.79. The maximum atomic E-state index is 6.04. The van der Waals surface area contributed by atoms with Crippen LogP contribution in [0.4, 0.5) is 0 Å². The maximum Gasteiger partial charge on any atom is 0.0661 e. The van der Waals surface area contributed by atoms with Crippen LogP contribution in [0.1, 0.15) is 27.7 Å². The van der Waals surface area contributed by atoms with Gasteiger partial charge < -0.3 is 10.5 Å². The van der Waals surface area contributed by atoms with E-state index in [0.29, 0.717) is 12.5 Å². The van der Waals surface area contributed by atoms with Gasteiger partial charge in [-0.15, -0.1) is 0 Å². The minimum Gasteiger partial charge on any atom is -0.383 e. The number of ether oxygens (including phenoxy) is 1. The molecule has 0 aromatic carbocycles. The largest absolute Gasteiger partial charge is 0.383 e. The van der Waals surface area contributed by atoms with Crippen LogP contribution >= 0.6 is 0 Å². The summed E-state index contributed by atoms with van der Waals surface area (Å²) in [7, 11) is 1.77. The van der Waals surface area contributed by atoms with Gasteiger partial charge >= 0.3 is 0 Å². The Balaban J connectivity index is 2.84. The van der Waals surface area contributed by atoms with Crippen LogP contribution in [0, 0.1) is 17.8 Å². The molecule has 1 heterocycles. The fraction of sp³-hybridized carbons (Fsp3) is 1.00. The van der Waals surface area contributed by atoms with E-state index in [1.807, 2.05) is 0 Å². The highest BCUT2D eigenvalue weighted by atomic mass is 16.5. The quantitative estimate of drug-likeness (QED) is 0.776. The van der Waals surface area contributed by atoms with Gasteiger partial charge in [-0.1, -0.05) is 27.7 Å². The van der Waals surface area contributed by atoms with Crippen LogP contribution < -0.4 is 5.73 Å². The van der Waals surface area contributed by atoms with Crippen molar-refractivity contribution in [1.29, 1.82) is 0 Å². The molecule has 3 heteroatoms. The Morgan fingerprint density at radius 2 is 1.81 bits per heavy atom. The van der Waals surface area contributed by atoms with Crippen molar-refractivity contribution in [2.75, 3.05) is 33.4 Å². The molecule has 0 saturated carbocycles. The monoisotopic (exact) mass is 228 g/mol. The summed E-state index contributed by atoms with van der Waals surface area (Å²) in [5.41, 5.74) is 6.07. The van der Waals surface area contributed by atoms with E-state index in [4.69, 9.17) is 10.5 Å². The number of hydrogen-bond donors (Lipinski definition) is 1. The Morgan fingerprint density at radius 1 is 1.31 bits per heavy atom. The number of nitrogens with two attached hydrogens (primary N) is 1. The Kier molecular flexibility index (Phi) is 4.77. The highest BCUT2D eigenvalue weighted by Gasteiger charge is 2.43. The van der Waals surface area contributed by atoms with Crippen LogP contribution in [-0.2, 0) is 4.74 Å². The standard InChI is InChI=1S/C13H28N2O/c1-10(2)13(8-14,9-16-5)15-6-11(3)12(4)7-15/h10-12H,6-9,14H2,1-5H3. The summed E-state index contributed by atoms with van der Waals surface area (Å²) in [5, 5.41) is 0. The first kappa shape index (κ1) is 13.9. The molecule has 0 amide bonds. The molecule has 0 aliphatic carbocycles. The Bertz CT molecular complexity index is 210. The summed E-state index contributed by atoms with van der Waals surface area (Å²) in [6, 6.07) is 0. The van der Waals surface area contributed by atoms with Gasteiger partial charge in [0.2, 0.25) is 0 Å². The first-order chi connectivity index (χ1) is 7.47. The van der Waals surface area contributed by atoms with E-state index >= 15 is 0 Å². The van der Waals surface area contributed by atoms with Crippen LogP contribution in [0.5, 0.6) is 0 Å². The van der Waals surface area contributed by atoms with Crippen LogP contribution in [0.25, 0.3) is 0 Å². The smallest absolute Gasteiger partial charge is 0.0661 e. The van der Waals surface area contributed by atoms with Gasteiger partial charge in [-0.05, 0) is 17.8 Å². The van der Waals surface area contributed by atoms with Crippen molar-refractivity contribution in [3.05, 3.63) is 0 Å². The molecule has 0 aromatic heterocycles. The summed E-state index contributed by atoms with van der Waals surface area (Å²) in [6.07, 6.45) is 0. The molecule has 0 radical (unpaired) electrons. The lowest BCUT2D eigenvalue weighted by Crippen LogP contribution is -2.59. The predicted molar refractivity (Wildman–Crippen MR) is 68.4 cm³/mol. The fourth-order valence-electron chi connectivity index (χ4n) is 2.79. The average Bonchev–Trinajstić information content (AvgIpc) is 2.55. The van der Waals surface area contributed by atoms with Gasteiger partial charge in [0.15, 0.2) is 0 Å². The van der Waals surface area contributed by atoms with E-state index in [2.05, 4.69) is 32.6 Å². The predicted octanol–water partition coefficient (Wildman–Crippen LogP) is 1.57. The second-order valence-corrected chi connectivity index (χ2v) is 5.75. The van der Waals surface area contributed by atoms with E-state index in [1.165, 1.54) is 0 Å². The SMILES string of the molecule is COCC(CN)(C(C)C)N1CC(C)C(C)C1. The average molecular weight is 228 g/mol. The van der Waals surface area contributed by atoms with Crippen molar-refractivity contribution in [3.63, 3.8) is 0 Å². The van der Waals surface area contributed by atoms with Gasteiger partial charge in [-0.3, -0.25) is 4.90 Å². The highest BCUT2D eigenvalue weighted by molar-refractivity contribution is 4.98. The number of methoxy groups -OCH3 is 1. The Morgan fingerprint density at radius 3 is 2.12 bits per heavy atom. The van der Waals surface area contributed by atoms with Gasteiger partial charge in [-0.25, -0.2) is 0 Å². The Labute approximate surface area is 100 Å². The van der Waals surface area contributed by atoms with Crippen molar-refractivity contribution in [3.8, 4) is 0 Å². The van der Waals surface area contributed by atoms with Gasteiger partial charge in [0.05, 0.1) is 12.1 Å². The number of likely N-dealkylation sites (tertiary alicyclic amines) is 1. The minimum absolute atomic E-state index is 0.0216. The number of hydrogen-bond acceptors (Lipinski definition) is 3. The summed E-state index contributed by atoms with van der Waals surface area (Å²) < 4.78 is 5.42. The van der Waals surface area contributed by atoms with Crippen LogP contribution in [0.15, 0.2) is 0 Å². The molecule has 1 rings (SSSR count). The number of rotatable bonds is 5. The van der Waals surface area contributed by atoms with Gasteiger partial charge in [0.1, 0.15) is 0 Å². The molecule has 1 fully saturated rings. The van der Waals surface area contributed by atoms with Crippen molar-refractivity contribution in [2.45, 2.75) is 33.2 Å². The molecule has 1 saturated heterocycles. The van der Waals surface area contributed by atoms with Gasteiger partial charge in [0, 0.05) is 26.7 Å². The van der Waals surface area contributed by atoms with E-state index in [0.717, 1.165) is 31.5 Å². The lowest BCUT2D eigenvalue weighted by Gasteiger charge is -2.44. The molecule has 3 atom stereocenters. The van der Waals surface area contributed by atoms with E-state index in [1.54, 1.807) is 7.11 Å². The lowest BCUT2D eigenvalue weighted by atomic mass is 9.85. The summed E-state index contributed by atoms with van der Waals surface area (Å²) >= 11 is 0. The topological polar surface area (TPSA) is 38.5 Å². The van der Waals surface area contributed by atoms with Crippen molar-refractivity contribution in [2.24, 2.45) is 23.5 Å². The van der Waals surface area contributed by atoms with E-state index < -0.39 is 0 Å². The zero-order chi connectivity index (χ0) is 12.3. The Hall–Kier alpha value is -0.120. The second-order valence-electron chi connectivity index (χ2n) is 5.75. The third-order valence-corrected chi connectivity index (χ3v) is 4.44. The molecule has 96 valence electrons. The zero-order valence-electron chi connectivity index (χ0n) is 11.5. The molecule has 0 spiro atoms. The second kappa shape index (κ2) is 5.48. The van der Waals surface area contributed by atoms with Gasteiger partial charge in [0.25, 0.3) is 0 Å². The van der Waals surface area contributed by atoms with Crippen molar-refractivity contribution < 1.29 is 4.74 Å². The zero-order valence-corrected chi connectivity index (χ0v) is 11.5. The van der Waals surface area contributed by atoms with Crippen LogP contribution in [0.2, 0.25) is 0 Å². The van der Waals surface area contributed by atoms with E-state index in [-0.39, 0.29) is 5.54 Å². The molecule has 1 aliphatic rings. The summed E-state index contributed by atoms with van der Waals surface area (Å²) in [4.78, 5) is 2.55. The number of nitrogens with zero attached hydrogens (tertiary/aromatic N) is 1. The molecule has 0 bridgehead atoms. The highest BCUT2D eigenvalue weighted by Crippen LogP contribution is 2.33. The summed E-state index contributed by atoms with van der Waals surface area (Å²) in [5.74, 6) is 2.05. The first-order valence-corrected chi connectivity index (χ1v) is 6.42. The lowest BCUT2D eigenvalue weighted by molar-refractivity contribution is -0.00550. The minimum atomic E-state index is 0.0216. The van der Waals surface area contributed by atoms with E-state index in [9.17, 15) is 0 Å². The molecule has 1 aliphatic heterocycles. The van der Waals surface area contributed by atoms with Gasteiger partial charge in [-0.2, -0.15) is 0 Å². The molecular formula is C13H28N2O. The molecule has 16 heavy (non-hydrogen) atoms.